The quantitative estimate of drug-likeness (QED) is 0.769. The van der Waals surface area contributed by atoms with Gasteiger partial charge in [-0.2, -0.15) is 0 Å². The van der Waals surface area contributed by atoms with Gasteiger partial charge in [0.1, 0.15) is 5.92 Å². The van der Waals surface area contributed by atoms with Crippen LogP contribution in [0.15, 0.2) is 54.6 Å². The lowest BCUT2D eigenvalue weighted by atomic mass is 10.0. The zero-order valence-corrected chi connectivity index (χ0v) is 15.7. The molecule has 0 radical (unpaired) electrons. The van der Waals surface area contributed by atoms with E-state index in [1.54, 1.807) is 16.8 Å². The van der Waals surface area contributed by atoms with Crippen LogP contribution < -0.4 is 4.90 Å². The largest absolute Gasteiger partial charge is 0.341 e. The molecular formula is C22H26N2O2. The third-order valence-electron chi connectivity index (χ3n) is 5.01. The summed E-state index contributed by atoms with van der Waals surface area (Å²) in [5.41, 5.74) is 3.19. The molecule has 1 aliphatic rings. The summed E-state index contributed by atoms with van der Waals surface area (Å²) in [7, 11) is 1.77. The highest BCUT2D eigenvalue weighted by Crippen LogP contribution is 2.28. The Labute approximate surface area is 155 Å². The molecule has 136 valence electrons. The summed E-state index contributed by atoms with van der Waals surface area (Å²) < 4.78 is 0. The first-order valence-electron chi connectivity index (χ1n) is 9.17. The average molecular weight is 350 g/mol. The lowest BCUT2D eigenvalue weighted by Crippen LogP contribution is -2.37. The van der Waals surface area contributed by atoms with E-state index in [0.717, 1.165) is 11.3 Å². The third-order valence-corrected chi connectivity index (χ3v) is 5.01. The summed E-state index contributed by atoms with van der Waals surface area (Å²) in [6.45, 7) is 5.41. The molecule has 26 heavy (non-hydrogen) atoms. The van der Waals surface area contributed by atoms with Crippen molar-refractivity contribution in [1.82, 2.24) is 4.90 Å². The van der Waals surface area contributed by atoms with Crippen molar-refractivity contribution < 1.29 is 9.59 Å². The molecule has 4 heteroatoms. The van der Waals surface area contributed by atoms with E-state index >= 15 is 0 Å². The molecule has 1 heterocycles. The first kappa shape index (κ1) is 18.2. The minimum absolute atomic E-state index is 0.0905. The number of hydrogen-bond acceptors (Lipinski definition) is 2. The van der Waals surface area contributed by atoms with E-state index in [4.69, 9.17) is 0 Å². The van der Waals surface area contributed by atoms with Crippen molar-refractivity contribution in [3.63, 3.8) is 0 Å². The van der Waals surface area contributed by atoms with Crippen molar-refractivity contribution in [2.75, 3.05) is 18.5 Å². The fraction of sp³-hybridized carbons (Fsp3) is 0.364. The molecule has 1 aliphatic heterocycles. The van der Waals surface area contributed by atoms with Crippen LogP contribution >= 0.6 is 0 Å². The minimum Gasteiger partial charge on any atom is -0.341 e. The molecule has 0 unspecified atom stereocenters. The number of amides is 2. The van der Waals surface area contributed by atoms with Crippen molar-refractivity contribution >= 4 is 17.5 Å². The van der Waals surface area contributed by atoms with Crippen LogP contribution in [0.1, 0.15) is 37.3 Å². The van der Waals surface area contributed by atoms with E-state index in [-0.39, 0.29) is 11.8 Å². The Balaban J connectivity index is 1.67. The van der Waals surface area contributed by atoms with E-state index in [1.165, 1.54) is 5.56 Å². The Morgan fingerprint density at radius 1 is 1.12 bits per heavy atom. The smallest absolute Gasteiger partial charge is 0.239 e. The zero-order chi connectivity index (χ0) is 18.7. The second-order valence-corrected chi connectivity index (χ2v) is 7.26. The van der Waals surface area contributed by atoms with Crippen molar-refractivity contribution in [2.45, 2.75) is 32.7 Å². The number of carbonyl (C=O) groups is 2. The molecule has 2 amide bonds. The van der Waals surface area contributed by atoms with Crippen molar-refractivity contribution in [3.05, 3.63) is 65.7 Å². The van der Waals surface area contributed by atoms with E-state index < -0.39 is 5.92 Å². The highest BCUT2D eigenvalue weighted by atomic mass is 16.2. The summed E-state index contributed by atoms with van der Waals surface area (Å²) in [6, 6.07) is 17.9. The Morgan fingerprint density at radius 2 is 1.77 bits per heavy atom. The highest BCUT2D eigenvalue weighted by molar-refractivity contribution is 6.09. The second-order valence-electron chi connectivity index (χ2n) is 7.26. The number of anilines is 1. The van der Waals surface area contributed by atoms with Gasteiger partial charge in [-0.1, -0.05) is 56.3 Å². The molecule has 0 aromatic heterocycles. The van der Waals surface area contributed by atoms with Crippen LogP contribution in [0.25, 0.3) is 0 Å². The number of nitrogens with zero attached hydrogens (tertiary/aromatic N) is 2. The van der Waals surface area contributed by atoms with Gasteiger partial charge in [0.15, 0.2) is 0 Å². The predicted molar refractivity (Wildman–Crippen MR) is 104 cm³/mol. The van der Waals surface area contributed by atoms with Crippen LogP contribution in [0.2, 0.25) is 0 Å². The molecule has 3 rings (SSSR count). The van der Waals surface area contributed by atoms with Crippen molar-refractivity contribution in [2.24, 2.45) is 5.92 Å². The van der Waals surface area contributed by atoms with E-state index in [1.807, 2.05) is 42.5 Å². The van der Waals surface area contributed by atoms with Crippen LogP contribution in [-0.2, 0) is 16.1 Å². The summed E-state index contributed by atoms with van der Waals surface area (Å²) in [5.74, 6) is -0.305. The maximum atomic E-state index is 12.8. The summed E-state index contributed by atoms with van der Waals surface area (Å²) in [4.78, 5) is 29.0. The number of benzene rings is 2. The second kappa shape index (κ2) is 7.73. The molecule has 0 spiro atoms. The van der Waals surface area contributed by atoms with Crippen LogP contribution in [-0.4, -0.2) is 30.3 Å². The standard InChI is InChI=1S/C22H26N2O2/c1-16(2)18-9-11-19(12-10-18)24-14-13-20(22(24)26)21(25)23(3)15-17-7-5-4-6-8-17/h4-12,16,20H,13-15H2,1-3H3/t20-/m1/s1. The van der Waals surface area contributed by atoms with Gasteiger partial charge < -0.3 is 9.80 Å². The Bertz CT molecular complexity index is 768. The minimum atomic E-state index is -0.575. The maximum absolute atomic E-state index is 12.8. The number of hydrogen-bond donors (Lipinski definition) is 0. The van der Waals surface area contributed by atoms with Gasteiger partial charge in [-0.25, -0.2) is 0 Å². The molecule has 2 aromatic carbocycles. The van der Waals surface area contributed by atoms with Gasteiger partial charge in [0.25, 0.3) is 0 Å². The van der Waals surface area contributed by atoms with E-state index in [9.17, 15) is 9.59 Å². The molecule has 0 bridgehead atoms. The summed E-state index contributed by atoms with van der Waals surface area (Å²) in [6.07, 6.45) is 0.572. The third kappa shape index (κ3) is 3.79. The molecule has 0 saturated carbocycles. The monoisotopic (exact) mass is 350 g/mol. The zero-order valence-electron chi connectivity index (χ0n) is 15.7. The average Bonchev–Trinajstić information content (AvgIpc) is 3.03. The fourth-order valence-corrected chi connectivity index (χ4v) is 3.41. The van der Waals surface area contributed by atoms with Gasteiger partial charge in [-0.05, 0) is 35.6 Å². The van der Waals surface area contributed by atoms with Gasteiger partial charge in [0.05, 0.1) is 0 Å². The van der Waals surface area contributed by atoms with Crippen molar-refractivity contribution in [3.8, 4) is 0 Å². The molecule has 0 N–H and O–H groups in total. The first-order valence-corrected chi connectivity index (χ1v) is 9.17. The lowest BCUT2D eigenvalue weighted by Gasteiger charge is -2.21. The van der Waals surface area contributed by atoms with Crippen LogP contribution in [0.5, 0.6) is 0 Å². The Kier molecular flexibility index (Phi) is 5.40. The van der Waals surface area contributed by atoms with Crippen LogP contribution in [0.3, 0.4) is 0 Å². The van der Waals surface area contributed by atoms with Gasteiger partial charge in [-0.3, -0.25) is 9.59 Å². The van der Waals surface area contributed by atoms with Gasteiger partial charge >= 0.3 is 0 Å². The summed E-state index contributed by atoms with van der Waals surface area (Å²) in [5, 5.41) is 0. The molecule has 4 nitrogen and oxygen atoms in total. The maximum Gasteiger partial charge on any atom is 0.239 e. The van der Waals surface area contributed by atoms with E-state index in [0.29, 0.717) is 25.4 Å². The Morgan fingerprint density at radius 3 is 2.38 bits per heavy atom. The lowest BCUT2D eigenvalue weighted by molar-refractivity contribution is -0.139. The molecule has 2 aromatic rings. The van der Waals surface area contributed by atoms with Gasteiger partial charge in [-0.15, -0.1) is 0 Å². The van der Waals surface area contributed by atoms with E-state index in [2.05, 4.69) is 26.0 Å². The Hall–Kier alpha value is -2.62. The predicted octanol–water partition coefficient (Wildman–Crippen LogP) is 3.82. The number of rotatable bonds is 5. The topological polar surface area (TPSA) is 40.6 Å². The fourth-order valence-electron chi connectivity index (χ4n) is 3.41. The summed E-state index contributed by atoms with van der Waals surface area (Å²) >= 11 is 0. The van der Waals surface area contributed by atoms with Gasteiger partial charge in [0.2, 0.25) is 11.8 Å². The molecule has 1 atom stereocenters. The molecule has 0 aliphatic carbocycles. The van der Waals surface area contributed by atoms with Gasteiger partial charge in [0, 0.05) is 25.8 Å². The number of carbonyl (C=O) groups excluding carboxylic acids is 2. The first-order chi connectivity index (χ1) is 12.5. The van der Waals surface area contributed by atoms with Crippen molar-refractivity contribution in [1.29, 1.82) is 0 Å². The SMILES string of the molecule is CC(C)c1ccc(N2CC[C@H](C(=O)N(C)Cc3ccccc3)C2=O)cc1. The van der Waals surface area contributed by atoms with Crippen LogP contribution in [0.4, 0.5) is 5.69 Å². The van der Waals surface area contributed by atoms with Crippen LogP contribution in [0, 0.1) is 5.92 Å². The highest BCUT2D eigenvalue weighted by Gasteiger charge is 2.38. The molecular weight excluding hydrogens is 324 g/mol. The normalized spacial score (nSPS) is 17.0. The molecule has 1 saturated heterocycles. The molecule has 1 fully saturated rings.